The van der Waals surface area contributed by atoms with Gasteiger partial charge in [-0.2, -0.15) is 4.98 Å². The van der Waals surface area contributed by atoms with Crippen molar-refractivity contribution in [2.45, 2.75) is 63.8 Å². The molecule has 0 radical (unpaired) electrons. The summed E-state index contributed by atoms with van der Waals surface area (Å²) in [6, 6.07) is 19.6. The molecule has 1 aliphatic rings. The molecular formula is C29H41N5. The molecule has 1 saturated carbocycles. The molecule has 0 amide bonds. The summed E-state index contributed by atoms with van der Waals surface area (Å²) >= 11 is 0. The van der Waals surface area contributed by atoms with E-state index in [1.807, 2.05) is 26.2 Å². The molecule has 1 heterocycles. The van der Waals surface area contributed by atoms with E-state index in [2.05, 4.69) is 58.0 Å². The summed E-state index contributed by atoms with van der Waals surface area (Å²) in [6.07, 6.45) is 11.4. The van der Waals surface area contributed by atoms with Gasteiger partial charge in [0.25, 0.3) is 0 Å². The van der Waals surface area contributed by atoms with Crippen LogP contribution in [0.4, 0.5) is 11.8 Å². The van der Waals surface area contributed by atoms with Crippen LogP contribution in [0, 0.1) is 5.92 Å². The third-order valence-electron chi connectivity index (χ3n) is 7.03. The Kier molecular flexibility index (Phi) is 9.14. The van der Waals surface area contributed by atoms with Crippen molar-refractivity contribution >= 4 is 22.7 Å². The van der Waals surface area contributed by atoms with Crippen molar-refractivity contribution in [2.24, 2.45) is 5.92 Å². The maximum atomic E-state index is 4.81. The second kappa shape index (κ2) is 12.7. The lowest BCUT2D eigenvalue weighted by Gasteiger charge is -2.29. The van der Waals surface area contributed by atoms with Crippen LogP contribution in [0.2, 0.25) is 0 Å². The van der Waals surface area contributed by atoms with Crippen LogP contribution in [0.1, 0.15) is 56.9 Å². The highest BCUT2D eigenvalue weighted by atomic mass is 15.2. The summed E-state index contributed by atoms with van der Waals surface area (Å²) in [5.74, 6) is 2.54. The molecule has 0 aliphatic heterocycles. The lowest BCUT2D eigenvalue weighted by Crippen LogP contribution is -2.32. The Morgan fingerprint density at radius 3 is 2.35 bits per heavy atom. The number of unbranched alkanes of at least 4 members (excludes halogenated alkanes) is 3. The Morgan fingerprint density at radius 2 is 1.56 bits per heavy atom. The Hall–Kier alpha value is -2.66. The van der Waals surface area contributed by atoms with Crippen LogP contribution in [-0.2, 0) is 6.42 Å². The summed E-state index contributed by atoms with van der Waals surface area (Å²) in [7, 11) is 4.09. The fourth-order valence-corrected chi connectivity index (χ4v) is 5.04. The van der Waals surface area contributed by atoms with Gasteiger partial charge in [0.2, 0.25) is 5.95 Å². The third kappa shape index (κ3) is 7.17. The summed E-state index contributed by atoms with van der Waals surface area (Å²) in [5.41, 5.74) is 2.47. The van der Waals surface area contributed by atoms with Gasteiger partial charge in [-0.15, -0.1) is 0 Å². The first-order chi connectivity index (χ1) is 16.7. The molecular weight excluding hydrogens is 418 g/mol. The van der Waals surface area contributed by atoms with Crippen LogP contribution in [-0.4, -0.2) is 43.2 Å². The van der Waals surface area contributed by atoms with E-state index in [0.717, 1.165) is 41.7 Å². The molecule has 3 aromatic rings. The molecule has 0 spiro atoms. The number of hydrogen-bond donors (Lipinski definition) is 2. The van der Waals surface area contributed by atoms with Crippen molar-refractivity contribution in [1.29, 1.82) is 0 Å². The number of rotatable bonds is 12. The number of anilines is 2. The normalized spacial score (nSPS) is 18.2. The van der Waals surface area contributed by atoms with Gasteiger partial charge < -0.3 is 15.5 Å². The molecule has 0 bridgehead atoms. The molecule has 2 N–H and O–H groups in total. The van der Waals surface area contributed by atoms with Crippen molar-refractivity contribution in [1.82, 2.24) is 15.3 Å². The van der Waals surface area contributed by atoms with Gasteiger partial charge in [0, 0.05) is 25.5 Å². The predicted molar refractivity (Wildman–Crippen MR) is 145 cm³/mol. The summed E-state index contributed by atoms with van der Waals surface area (Å²) in [5, 5.41) is 8.45. The highest BCUT2D eigenvalue weighted by Gasteiger charge is 2.22. The van der Waals surface area contributed by atoms with E-state index in [1.165, 1.54) is 63.4 Å². The molecule has 34 heavy (non-hydrogen) atoms. The average molecular weight is 460 g/mol. The first-order valence-corrected chi connectivity index (χ1v) is 13.1. The van der Waals surface area contributed by atoms with Crippen LogP contribution in [0.5, 0.6) is 0 Å². The smallest absolute Gasteiger partial charge is 0.225 e. The highest BCUT2D eigenvalue weighted by molar-refractivity contribution is 5.90. The van der Waals surface area contributed by atoms with Gasteiger partial charge in [0.1, 0.15) is 5.82 Å². The minimum Gasteiger partial charge on any atom is -0.362 e. The molecule has 2 aromatic carbocycles. The first kappa shape index (κ1) is 24.5. The van der Waals surface area contributed by atoms with Crippen LogP contribution in [0.25, 0.3) is 10.9 Å². The second-order valence-corrected chi connectivity index (χ2v) is 10.00. The number of fused-ring (bicyclic) bond motifs is 1. The standard InChI is InChI=1S/C29H41N5/c1-34(2)28-26-15-9-10-16-27(26)32-29(33-28)31-25-19-17-24(18-20-25)22-30-21-11-4-3-6-12-23-13-7-5-8-14-23/h5,7-10,13-16,24-25,30H,3-4,6,11-12,17-22H2,1-2H3,(H,31,32,33)/t24-,25+. The van der Waals surface area contributed by atoms with Crippen LogP contribution < -0.4 is 15.5 Å². The monoisotopic (exact) mass is 459 g/mol. The Labute approximate surface area is 205 Å². The zero-order valence-corrected chi connectivity index (χ0v) is 21.0. The lowest BCUT2D eigenvalue weighted by molar-refractivity contribution is 0.323. The molecule has 5 nitrogen and oxygen atoms in total. The van der Waals surface area contributed by atoms with E-state index in [4.69, 9.17) is 9.97 Å². The zero-order valence-electron chi connectivity index (χ0n) is 21.0. The molecule has 0 unspecified atom stereocenters. The minimum atomic E-state index is 0.469. The summed E-state index contributed by atoms with van der Waals surface area (Å²) in [6.45, 7) is 2.32. The number of nitrogens with zero attached hydrogens (tertiary/aromatic N) is 3. The van der Waals surface area contributed by atoms with Crippen molar-refractivity contribution in [2.75, 3.05) is 37.4 Å². The minimum absolute atomic E-state index is 0.469. The van der Waals surface area contributed by atoms with Crippen molar-refractivity contribution < 1.29 is 0 Å². The van der Waals surface area contributed by atoms with Crippen molar-refractivity contribution in [3.05, 3.63) is 60.2 Å². The number of nitrogens with one attached hydrogen (secondary N) is 2. The van der Waals surface area contributed by atoms with E-state index >= 15 is 0 Å². The van der Waals surface area contributed by atoms with Crippen LogP contribution >= 0.6 is 0 Å². The molecule has 0 saturated heterocycles. The number of aromatic nitrogens is 2. The second-order valence-electron chi connectivity index (χ2n) is 10.00. The predicted octanol–water partition coefficient (Wildman–Crippen LogP) is 6.06. The van der Waals surface area contributed by atoms with E-state index < -0.39 is 0 Å². The number of para-hydroxylation sites is 1. The topological polar surface area (TPSA) is 53.1 Å². The molecule has 1 fully saturated rings. The van der Waals surface area contributed by atoms with E-state index in [-0.39, 0.29) is 0 Å². The number of aryl methyl sites for hydroxylation is 1. The summed E-state index contributed by atoms with van der Waals surface area (Å²) in [4.78, 5) is 11.7. The summed E-state index contributed by atoms with van der Waals surface area (Å²) < 4.78 is 0. The van der Waals surface area contributed by atoms with Gasteiger partial charge in [0.05, 0.1) is 5.52 Å². The Bertz CT molecular complexity index is 996. The number of benzene rings is 2. The van der Waals surface area contributed by atoms with Gasteiger partial charge in [-0.1, -0.05) is 55.3 Å². The molecule has 0 atom stereocenters. The first-order valence-electron chi connectivity index (χ1n) is 13.1. The van der Waals surface area contributed by atoms with Crippen molar-refractivity contribution in [3.8, 4) is 0 Å². The fourth-order valence-electron chi connectivity index (χ4n) is 5.04. The van der Waals surface area contributed by atoms with Gasteiger partial charge in [-0.25, -0.2) is 4.98 Å². The Morgan fingerprint density at radius 1 is 0.824 bits per heavy atom. The fraction of sp³-hybridized carbons (Fsp3) is 0.517. The van der Waals surface area contributed by atoms with Crippen LogP contribution in [0.3, 0.4) is 0 Å². The quantitative estimate of drug-likeness (QED) is 0.323. The van der Waals surface area contributed by atoms with Crippen LogP contribution in [0.15, 0.2) is 54.6 Å². The molecule has 1 aromatic heterocycles. The van der Waals surface area contributed by atoms with Gasteiger partial charge in [-0.05, 0) is 81.6 Å². The molecule has 182 valence electrons. The molecule has 4 rings (SSSR count). The van der Waals surface area contributed by atoms with Gasteiger partial charge in [-0.3, -0.25) is 0 Å². The average Bonchev–Trinajstić information content (AvgIpc) is 2.86. The van der Waals surface area contributed by atoms with E-state index in [1.54, 1.807) is 0 Å². The lowest BCUT2D eigenvalue weighted by atomic mass is 9.86. The zero-order chi connectivity index (χ0) is 23.6. The van der Waals surface area contributed by atoms with E-state index in [9.17, 15) is 0 Å². The Balaban J connectivity index is 1.11. The molecule has 1 aliphatic carbocycles. The number of hydrogen-bond acceptors (Lipinski definition) is 5. The van der Waals surface area contributed by atoms with Gasteiger partial charge >= 0.3 is 0 Å². The highest BCUT2D eigenvalue weighted by Crippen LogP contribution is 2.28. The maximum Gasteiger partial charge on any atom is 0.225 e. The molecule has 5 heteroatoms. The van der Waals surface area contributed by atoms with Gasteiger partial charge in [0.15, 0.2) is 0 Å². The largest absolute Gasteiger partial charge is 0.362 e. The maximum absolute atomic E-state index is 4.81. The third-order valence-corrected chi connectivity index (χ3v) is 7.03. The SMILES string of the molecule is CN(C)c1nc(N[C@H]2CC[C@@H](CNCCCCCCc3ccccc3)CC2)nc2ccccc12. The van der Waals surface area contributed by atoms with E-state index in [0.29, 0.717) is 6.04 Å². The van der Waals surface area contributed by atoms with Crippen molar-refractivity contribution in [3.63, 3.8) is 0 Å².